The minimum absolute atomic E-state index is 0. The summed E-state index contributed by atoms with van der Waals surface area (Å²) >= 11 is 0. The molecule has 0 amide bonds. The molecule has 0 saturated carbocycles. The molecular weight excluding hydrogens is 668 g/mol. The summed E-state index contributed by atoms with van der Waals surface area (Å²) in [4.78, 5) is 0. The zero-order chi connectivity index (χ0) is 32.4. The quantitative estimate of drug-likeness (QED) is 0.138. The van der Waals surface area contributed by atoms with Crippen LogP contribution < -0.4 is 118 Å². The van der Waals surface area contributed by atoms with Crippen LogP contribution >= 0.6 is 0 Å². The molecular formula is C48H40Na4. The van der Waals surface area contributed by atoms with Crippen molar-refractivity contribution in [3.05, 3.63) is 238 Å². The van der Waals surface area contributed by atoms with Crippen LogP contribution in [0.2, 0.25) is 0 Å². The molecule has 0 radical (unpaired) electrons. The molecule has 10 rings (SSSR count). The van der Waals surface area contributed by atoms with E-state index in [4.69, 9.17) is 0 Å². The van der Waals surface area contributed by atoms with Gasteiger partial charge in [0.1, 0.15) is 0 Å². The fourth-order valence-electron chi connectivity index (χ4n) is 6.48. The van der Waals surface area contributed by atoms with Crippen LogP contribution in [0, 0.1) is 24.7 Å². The SMILES string of the molecule is C1=C[CH-]/C(=C\[CH-]c2cc3c(/C=C/c4ccccc4)cc2CC[C-]2C=C(/C=C\c4ccccc4)[C-](C=C2/C=C/c2ccccc2)CC3)C=C1.[Na+].[Na+].[Na+].[Na+]. The van der Waals surface area contributed by atoms with Crippen LogP contribution in [0.15, 0.2) is 175 Å². The number of aryl methyl sites for hydroxylation is 2. The molecule has 0 spiro atoms. The Kier molecular flexibility index (Phi) is 20.0. The van der Waals surface area contributed by atoms with Crippen LogP contribution in [0.4, 0.5) is 0 Å². The predicted octanol–water partition coefficient (Wildman–Crippen LogP) is 0.00306. The number of benzene rings is 4. The van der Waals surface area contributed by atoms with Gasteiger partial charge in [0, 0.05) is 0 Å². The number of allylic oxidation sites excluding steroid dienone is 12. The van der Waals surface area contributed by atoms with Crippen LogP contribution in [0.25, 0.3) is 24.3 Å². The van der Waals surface area contributed by atoms with Gasteiger partial charge in [-0.2, -0.15) is 48.8 Å². The fraction of sp³-hybridized carbons (Fsp3) is 0.0833. The Morgan fingerprint density at radius 1 is 0.538 bits per heavy atom. The summed E-state index contributed by atoms with van der Waals surface area (Å²) in [5.74, 6) is 2.75. The molecule has 0 heterocycles. The molecule has 0 saturated heterocycles. The Bertz CT molecular complexity index is 1960. The van der Waals surface area contributed by atoms with Crippen molar-refractivity contribution in [2.75, 3.05) is 0 Å². The standard InChI is InChI=1S/C48H40.4Na/c1-5-13-37(14-6-1)21-25-41-33-46-31-32-48-36-43(27-23-39-17-9-3-10-18-39)47(35-44(48)28-24-40-19-11-4-12-20-40)30-29-45(41)34-42(46)26-22-38-15-7-2-8-16-38;;;;/h1-28,33-36H,29-32H2;;;;/q-4;4*+1/b25-21-,26-22+,27-23+;;;;. The third-order valence-corrected chi connectivity index (χ3v) is 9.15. The molecule has 0 nitrogen and oxygen atoms in total. The van der Waals surface area contributed by atoms with E-state index in [1.165, 1.54) is 67.5 Å². The molecule has 4 aromatic carbocycles. The van der Waals surface area contributed by atoms with E-state index in [1.807, 2.05) is 0 Å². The molecule has 0 fully saturated rings. The Hall–Kier alpha value is -1.72. The van der Waals surface area contributed by atoms with Crippen molar-refractivity contribution in [2.24, 2.45) is 0 Å². The van der Waals surface area contributed by atoms with Gasteiger partial charge in [0.25, 0.3) is 0 Å². The number of hydrogen-bond acceptors (Lipinski definition) is 0. The summed E-state index contributed by atoms with van der Waals surface area (Å²) in [5, 5.41) is 0. The van der Waals surface area contributed by atoms with Crippen molar-refractivity contribution < 1.29 is 118 Å². The van der Waals surface area contributed by atoms with Crippen molar-refractivity contribution in [3.8, 4) is 0 Å². The first kappa shape index (κ1) is 44.7. The summed E-state index contributed by atoms with van der Waals surface area (Å²) in [6, 6.07) is 36.8. The summed E-state index contributed by atoms with van der Waals surface area (Å²) in [5.41, 5.74) is 12.9. The predicted molar refractivity (Wildman–Crippen MR) is 206 cm³/mol. The van der Waals surface area contributed by atoms with Crippen LogP contribution in [0.5, 0.6) is 0 Å². The Morgan fingerprint density at radius 3 is 1.54 bits per heavy atom. The minimum Gasteiger partial charge on any atom is -0.227 e. The first-order valence-electron chi connectivity index (χ1n) is 17.0. The second-order valence-corrected chi connectivity index (χ2v) is 12.5. The van der Waals surface area contributed by atoms with E-state index >= 15 is 0 Å². The van der Waals surface area contributed by atoms with Gasteiger partial charge in [-0.25, -0.2) is 46.8 Å². The summed E-state index contributed by atoms with van der Waals surface area (Å²) in [6.07, 6.45) is 37.6. The molecule has 4 aromatic rings. The van der Waals surface area contributed by atoms with E-state index in [0.29, 0.717) is 0 Å². The average Bonchev–Trinajstić information content (AvgIpc) is 3.14. The van der Waals surface area contributed by atoms with Gasteiger partial charge in [0.15, 0.2) is 0 Å². The van der Waals surface area contributed by atoms with Gasteiger partial charge in [-0.15, -0.1) is 29.9 Å². The van der Waals surface area contributed by atoms with E-state index in [9.17, 15) is 0 Å². The van der Waals surface area contributed by atoms with E-state index in [0.717, 1.165) is 25.7 Å². The van der Waals surface area contributed by atoms with Crippen LogP contribution in [0.1, 0.15) is 51.8 Å². The van der Waals surface area contributed by atoms with Gasteiger partial charge < -0.3 is 0 Å². The zero-order valence-electron chi connectivity index (χ0n) is 31.3. The first-order chi connectivity index (χ1) is 23.8. The van der Waals surface area contributed by atoms with E-state index in [-0.39, 0.29) is 118 Å². The van der Waals surface area contributed by atoms with Crippen LogP contribution in [0.3, 0.4) is 0 Å². The Labute approximate surface area is 400 Å². The topological polar surface area (TPSA) is 0 Å². The van der Waals surface area contributed by atoms with Gasteiger partial charge >= 0.3 is 118 Å². The molecule has 0 aromatic heterocycles. The first-order valence-corrected chi connectivity index (χ1v) is 17.0. The molecule has 0 N–H and O–H groups in total. The molecule has 4 bridgehead atoms. The summed E-state index contributed by atoms with van der Waals surface area (Å²) in [7, 11) is 0. The molecule has 4 heteroatoms. The van der Waals surface area contributed by atoms with Gasteiger partial charge in [-0.05, 0) is 28.7 Å². The number of rotatable bonds is 8. The molecule has 0 unspecified atom stereocenters. The van der Waals surface area contributed by atoms with Crippen molar-refractivity contribution in [1.29, 1.82) is 0 Å². The van der Waals surface area contributed by atoms with E-state index in [1.54, 1.807) is 0 Å². The van der Waals surface area contributed by atoms with Gasteiger partial charge in [0.05, 0.1) is 0 Å². The van der Waals surface area contributed by atoms with Gasteiger partial charge in [-0.3, -0.25) is 0 Å². The fourth-order valence-corrected chi connectivity index (χ4v) is 6.48. The van der Waals surface area contributed by atoms with E-state index in [2.05, 4.69) is 195 Å². The second-order valence-electron chi connectivity index (χ2n) is 12.5. The van der Waals surface area contributed by atoms with E-state index < -0.39 is 0 Å². The molecule has 6 aliphatic carbocycles. The number of hydrogen-bond donors (Lipinski definition) is 0. The largest absolute Gasteiger partial charge is 1.00 e. The van der Waals surface area contributed by atoms with Crippen molar-refractivity contribution in [1.82, 2.24) is 0 Å². The third kappa shape index (κ3) is 12.7. The smallest absolute Gasteiger partial charge is 0.227 e. The molecule has 6 aliphatic rings. The summed E-state index contributed by atoms with van der Waals surface area (Å²) < 4.78 is 0. The molecule has 236 valence electrons. The maximum Gasteiger partial charge on any atom is 1.00 e. The molecule has 52 heavy (non-hydrogen) atoms. The van der Waals surface area contributed by atoms with Crippen molar-refractivity contribution in [3.63, 3.8) is 0 Å². The minimum atomic E-state index is 0. The maximum absolute atomic E-state index is 2.45. The van der Waals surface area contributed by atoms with Crippen molar-refractivity contribution >= 4 is 24.3 Å². The normalized spacial score (nSPS) is 15.5. The van der Waals surface area contributed by atoms with Gasteiger partial charge in [-0.1, -0.05) is 134 Å². The van der Waals surface area contributed by atoms with Crippen LogP contribution in [-0.2, 0) is 12.8 Å². The second kappa shape index (κ2) is 23.3. The van der Waals surface area contributed by atoms with Crippen molar-refractivity contribution in [2.45, 2.75) is 25.7 Å². The third-order valence-electron chi connectivity index (χ3n) is 9.15. The van der Waals surface area contributed by atoms with Gasteiger partial charge in [0.2, 0.25) is 0 Å². The Morgan fingerprint density at radius 2 is 1.04 bits per heavy atom. The monoisotopic (exact) mass is 708 g/mol. The maximum atomic E-state index is 2.45. The molecule has 0 aliphatic heterocycles. The molecule has 0 atom stereocenters. The average molecular weight is 709 g/mol. The Balaban J connectivity index is 0.00000182. The zero-order valence-corrected chi connectivity index (χ0v) is 39.3. The van der Waals surface area contributed by atoms with Crippen LogP contribution in [-0.4, -0.2) is 0 Å². The summed E-state index contributed by atoms with van der Waals surface area (Å²) in [6.45, 7) is 0.